The molecule has 0 saturated carbocycles. The number of carbonyl (C=O) groups excluding carboxylic acids is 1. The van der Waals surface area contributed by atoms with E-state index in [1.807, 2.05) is 23.6 Å². The summed E-state index contributed by atoms with van der Waals surface area (Å²) < 4.78 is 32.8. The van der Waals surface area contributed by atoms with Crippen LogP contribution in [0.25, 0.3) is 11.2 Å². The lowest BCUT2D eigenvalue weighted by molar-refractivity contribution is -0.158. The van der Waals surface area contributed by atoms with Gasteiger partial charge in [0.1, 0.15) is 17.1 Å². The lowest BCUT2D eigenvalue weighted by atomic mass is 9.96. The largest absolute Gasteiger partial charge is 0.433 e. The second-order valence-corrected chi connectivity index (χ2v) is 9.48. The van der Waals surface area contributed by atoms with Crippen molar-refractivity contribution < 1.29 is 18.3 Å². The van der Waals surface area contributed by atoms with Crippen molar-refractivity contribution in [3.63, 3.8) is 0 Å². The van der Waals surface area contributed by atoms with Crippen LogP contribution in [0.5, 0.6) is 5.75 Å². The fourth-order valence-corrected chi connectivity index (χ4v) is 4.51. The van der Waals surface area contributed by atoms with Gasteiger partial charge in [0, 0.05) is 51.3 Å². The van der Waals surface area contributed by atoms with Gasteiger partial charge in [-0.3, -0.25) is 4.79 Å². The lowest BCUT2D eigenvalue weighted by Gasteiger charge is -2.33. The maximum atomic E-state index is 13.1. The quantitative estimate of drug-likeness (QED) is 0.437. The highest BCUT2D eigenvalue weighted by Crippen LogP contribution is 2.23. The summed E-state index contributed by atoms with van der Waals surface area (Å²) >= 11 is 0. The molecule has 3 heterocycles. The number of nitrogens with zero attached hydrogens (tertiary/aromatic N) is 4. The van der Waals surface area contributed by atoms with E-state index >= 15 is 0 Å². The van der Waals surface area contributed by atoms with Crippen LogP contribution in [0.15, 0.2) is 54.9 Å². The minimum atomic E-state index is -3.23. The number of benzene rings is 1. The monoisotopic (exact) mass is 497 g/mol. The van der Waals surface area contributed by atoms with Gasteiger partial charge in [-0.25, -0.2) is 9.97 Å². The number of piperidine rings is 1. The molecule has 1 amide bonds. The number of allylic oxidation sites excluding steroid dienone is 1. The molecular weight excluding hydrogens is 464 g/mol. The number of nitrogens with one attached hydrogen (secondary N) is 1. The van der Waals surface area contributed by atoms with Crippen LogP contribution in [0.3, 0.4) is 0 Å². The van der Waals surface area contributed by atoms with Crippen molar-refractivity contribution in [1.29, 1.82) is 0 Å². The Kier molecular flexibility index (Phi) is 7.86. The highest BCUT2D eigenvalue weighted by atomic mass is 19.3. The van der Waals surface area contributed by atoms with Crippen molar-refractivity contribution in [1.82, 2.24) is 24.8 Å². The normalized spacial score (nSPS) is 14.7. The summed E-state index contributed by atoms with van der Waals surface area (Å²) in [7, 11) is 0. The molecule has 7 nitrogen and oxygen atoms in total. The summed E-state index contributed by atoms with van der Waals surface area (Å²) in [6, 6.07) is 10.2. The zero-order valence-corrected chi connectivity index (χ0v) is 20.8. The van der Waals surface area contributed by atoms with Gasteiger partial charge in [0.25, 0.3) is 0 Å². The van der Waals surface area contributed by atoms with Crippen molar-refractivity contribution in [3.05, 3.63) is 66.3 Å². The highest BCUT2D eigenvalue weighted by Gasteiger charge is 2.23. The Bertz CT molecular complexity index is 1200. The summed E-state index contributed by atoms with van der Waals surface area (Å²) in [5, 5.41) is 3.09. The number of alkyl halides is 2. The van der Waals surface area contributed by atoms with E-state index in [0.717, 1.165) is 54.2 Å². The third-order valence-electron chi connectivity index (χ3n) is 6.46. The number of carbonyl (C=O) groups is 1. The van der Waals surface area contributed by atoms with E-state index in [4.69, 9.17) is 4.98 Å². The summed E-state index contributed by atoms with van der Waals surface area (Å²) in [5.74, 6) is 1.35. The minimum Gasteiger partial charge on any atom is -0.433 e. The smallest absolute Gasteiger partial charge is 0.394 e. The summed E-state index contributed by atoms with van der Waals surface area (Å²) in [6.07, 6.45) is 1.37. The number of hydrogen-bond acceptors (Lipinski definition) is 5. The number of aryl methyl sites for hydroxylation is 1. The Morgan fingerprint density at radius 3 is 2.61 bits per heavy atom. The molecule has 1 aliphatic heterocycles. The van der Waals surface area contributed by atoms with E-state index in [-0.39, 0.29) is 11.7 Å². The fourth-order valence-electron chi connectivity index (χ4n) is 4.51. The molecule has 0 bridgehead atoms. The van der Waals surface area contributed by atoms with E-state index in [1.165, 1.54) is 12.1 Å². The molecule has 9 heteroatoms. The molecule has 1 fully saturated rings. The zero-order valence-electron chi connectivity index (χ0n) is 20.8. The first-order valence-corrected chi connectivity index (χ1v) is 12.3. The third-order valence-corrected chi connectivity index (χ3v) is 6.46. The average molecular weight is 498 g/mol. The number of amides is 1. The van der Waals surface area contributed by atoms with Gasteiger partial charge in [-0.1, -0.05) is 18.7 Å². The molecule has 0 atom stereocenters. The first-order valence-electron chi connectivity index (χ1n) is 12.3. The molecule has 3 aromatic rings. The summed E-state index contributed by atoms with van der Waals surface area (Å²) in [6.45, 7) is 9.86. The van der Waals surface area contributed by atoms with Gasteiger partial charge in [-0.2, -0.15) is 8.78 Å². The molecule has 36 heavy (non-hydrogen) atoms. The molecule has 0 spiro atoms. The SMILES string of the molecule is C=C(C)N1CCC(CNC(=O)CCc2nc3cccnc3n2Cc2ccc(OC(C)(F)F)cc2)CC1. The first-order chi connectivity index (χ1) is 17.2. The molecule has 1 N–H and O–H groups in total. The zero-order chi connectivity index (χ0) is 25.7. The van der Waals surface area contributed by atoms with Crippen LogP contribution in [-0.2, 0) is 17.8 Å². The molecule has 0 aliphatic carbocycles. The molecule has 1 aliphatic rings. The standard InChI is InChI=1S/C27H33F2N5O2/c1-19(2)33-15-12-20(13-16-33)17-31-25(35)11-10-24-32-23-5-4-14-30-26(23)34(24)18-21-6-8-22(9-7-21)36-27(3,28)29/h4-9,14,20H,1,10-13,15-18H2,2-3H3,(H,31,35). The van der Waals surface area contributed by atoms with Crippen LogP contribution in [-0.4, -0.2) is 51.1 Å². The number of ether oxygens (including phenoxy) is 1. The second-order valence-electron chi connectivity index (χ2n) is 9.48. The Balaban J connectivity index is 1.37. The summed E-state index contributed by atoms with van der Waals surface area (Å²) in [4.78, 5) is 24.1. The molecule has 0 unspecified atom stereocenters. The average Bonchev–Trinajstić information content (AvgIpc) is 3.19. The predicted molar refractivity (Wildman–Crippen MR) is 135 cm³/mol. The predicted octanol–water partition coefficient (Wildman–Crippen LogP) is 4.77. The third kappa shape index (κ3) is 6.80. The number of rotatable bonds is 10. The van der Waals surface area contributed by atoms with E-state index in [1.54, 1.807) is 18.3 Å². The Labute approximate surface area is 210 Å². The van der Waals surface area contributed by atoms with Crippen LogP contribution < -0.4 is 10.1 Å². The van der Waals surface area contributed by atoms with Crippen LogP contribution in [0.4, 0.5) is 8.78 Å². The maximum absolute atomic E-state index is 13.1. The van der Waals surface area contributed by atoms with E-state index in [9.17, 15) is 13.6 Å². The van der Waals surface area contributed by atoms with Gasteiger partial charge >= 0.3 is 6.11 Å². The van der Waals surface area contributed by atoms with E-state index < -0.39 is 6.11 Å². The van der Waals surface area contributed by atoms with Crippen molar-refractivity contribution in [3.8, 4) is 5.75 Å². The lowest BCUT2D eigenvalue weighted by Crippen LogP contribution is -2.37. The number of imidazole rings is 1. The van der Waals surface area contributed by atoms with Crippen LogP contribution in [0.2, 0.25) is 0 Å². The van der Waals surface area contributed by atoms with Gasteiger partial charge in [-0.15, -0.1) is 0 Å². The van der Waals surface area contributed by atoms with Crippen molar-refractivity contribution in [2.45, 2.75) is 52.2 Å². The van der Waals surface area contributed by atoms with E-state index in [2.05, 4.69) is 26.5 Å². The molecule has 0 radical (unpaired) electrons. The molecule has 192 valence electrons. The molecule has 1 aromatic carbocycles. The molecule has 4 rings (SSSR count). The Morgan fingerprint density at radius 1 is 1.22 bits per heavy atom. The number of pyridine rings is 1. The maximum Gasteiger partial charge on any atom is 0.394 e. The van der Waals surface area contributed by atoms with Crippen LogP contribution >= 0.6 is 0 Å². The number of hydrogen-bond donors (Lipinski definition) is 1. The number of likely N-dealkylation sites (tertiary alicyclic amines) is 1. The van der Waals surface area contributed by atoms with Crippen molar-refractivity contribution >= 4 is 17.1 Å². The number of halogens is 2. The van der Waals surface area contributed by atoms with Gasteiger partial charge in [0.05, 0.1) is 6.54 Å². The first kappa shape index (κ1) is 25.6. The summed E-state index contributed by atoms with van der Waals surface area (Å²) in [5.41, 5.74) is 3.46. The van der Waals surface area contributed by atoms with Gasteiger partial charge in [-0.05, 0) is 55.5 Å². The molecule has 1 saturated heterocycles. The molecular formula is C27H33F2N5O2. The van der Waals surface area contributed by atoms with Crippen LogP contribution in [0.1, 0.15) is 44.5 Å². The highest BCUT2D eigenvalue weighted by molar-refractivity contribution is 5.76. The van der Waals surface area contributed by atoms with Crippen LogP contribution in [0, 0.1) is 5.92 Å². The fraction of sp³-hybridized carbons (Fsp3) is 0.444. The van der Waals surface area contributed by atoms with Crippen molar-refractivity contribution in [2.75, 3.05) is 19.6 Å². The van der Waals surface area contributed by atoms with Gasteiger partial charge < -0.3 is 19.5 Å². The number of aromatic nitrogens is 3. The van der Waals surface area contributed by atoms with Gasteiger partial charge in [0.2, 0.25) is 5.91 Å². The van der Waals surface area contributed by atoms with E-state index in [0.29, 0.717) is 38.8 Å². The minimum absolute atomic E-state index is 0.00546. The van der Waals surface area contributed by atoms with Crippen molar-refractivity contribution in [2.24, 2.45) is 5.92 Å². The topological polar surface area (TPSA) is 72.3 Å². The Morgan fingerprint density at radius 2 is 1.94 bits per heavy atom. The number of fused-ring (bicyclic) bond motifs is 1. The van der Waals surface area contributed by atoms with Gasteiger partial charge in [0.15, 0.2) is 5.65 Å². The molecule has 2 aromatic heterocycles. The second kappa shape index (κ2) is 11.1. The Hall–Kier alpha value is -3.49.